The minimum Gasteiger partial charge on any atom is -0.361 e. The van der Waals surface area contributed by atoms with Gasteiger partial charge in [0, 0.05) is 38.1 Å². The predicted molar refractivity (Wildman–Crippen MR) is 83.9 cm³/mol. The van der Waals surface area contributed by atoms with Crippen molar-refractivity contribution in [3.05, 3.63) is 33.6 Å². The zero-order valence-corrected chi connectivity index (χ0v) is 13.7. The molecule has 0 bridgehead atoms. The third kappa shape index (κ3) is 3.20. The quantitative estimate of drug-likeness (QED) is 0.866. The molecule has 2 aromatic heterocycles. The summed E-state index contributed by atoms with van der Waals surface area (Å²) in [5.41, 5.74) is 4.26. The maximum atomic E-state index is 12.7. The summed E-state index contributed by atoms with van der Waals surface area (Å²) in [7, 11) is 0. The molecule has 0 aliphatic carbocycles. The van der Waals surface area contributed by atoms with Gasteiger partial charge in [0.15, 0.2) is 0 Å². The van der Waals surface area contributed by atoms with E-state index in [4.69, 9.17) is 4.52 Å². The third-order valence-corrected chi connectivity index (χ3v) is 4.63. The lowest BCUT2D eigenvalue weighted by Gasteiger charge is -2.21. The van der Waals surface area contributed by atoms with E-state index in [1.807, 2.05) is 17.3 Å². The van der Waals surface area contributed by atoms with Crippen LogP contribution in [0.15, 0.2) is 15.4 Å². The number of carbonyl (C=O) groups is 1. The number of thiazole rings is 1. The Kier molecular flexibility index (Phi) is 4.54. The highest BCUT2D eigenvalue weighted by Gasteiger charge is 2.25. The SMILES string of the molecule is Cc1noc(C)c1C(=O)N1CCCN(Cc2cscn2)CC1. The Morgan fingerprint density at radius 3 is 2.86 bits per heavy atom. The van der Waals surface area contributed by atoms with Crippen LogP contribution in [0.2, 0.25) is 0 Å². The van der Waals surface area contributed by atoms with Crippen LogP contribution in [0.25, 0.3) is 0 Å². The Morgan fingerprint density at radius 1 is 1.32 bits per heavy atom. The van der Waals surface area contributed by atoms with Gasteiger partial charge in [-0.1, -0.05) is 5.16 Å². The number of nitrogens with zero attached hydrogens (tertiary/aromatic N) is 4. The number of rotatable bonds is 3. The van der Waals surface area contributed by atoms with E-state index in [2.05, 4.69) is 20.4 Å². The zero-order chi connectivity index (χ0) is 15.5. The molecule has 7 heteroatoms. The van der Waals surface area contributed by atoms with E-state index in [-0.39, 0.29) is 5.91 Å². The van der Waals surface area contributed by atoms with Crippen molar-refractivity contribution in [2.75, 3.05) is 26.2 Å². The fraction of sp³-hybridized carbons (Fsp3) is 0.533. The van der Waals surface area contributed by atoms with Gasteiger partial charge in [-0.15, -0.1) is 11.3 Å². The van der Waals surface area contributed by atoms with Crippen molar-refractivity contribution >= 4 is 17.2 Å². The van der Waals surface area contributed by atoms with Crippen molar-refractivity contribution in [1.82, 2.24) is 19.9 Å². The lowest BCUT2D eigenvalue weighted by atomic mass is 10.1. The smallest absolute Gasteiger partial charge is 0.259 e. The third-order valence-electron chi connectivity index (χ3n) is 3.99. The van der Waals surface area contributed by atoms with E-state index in [1.54, 1.807) is 18.3 Å². The molecule has 0 atom stereocenters. The summed E-state index contributed by atoms with van der Waals surface area (Å²) < 4.78 is 5.11. The van der Waals surface area contributed by atoms with Gasteiger partial charge in [0.25, 0.3) is 5.91 Å². The monoisotopic (exact) mass is 320 g/mol. The van der Waals surface area contributed by atoms with Crippen LogP contribution in [0.3, 0.4) is 0 Å². The van der Waals surface area contributed by atoms with Crippen LogP contribution in [0.1, 0.15) is 33.9 Å². The van der Waals surface area contributed by atoms with Gasteiger partial charge in [0.2, 0.25) is 0 Å². The highest BCUT2D eigenvalue weighted by molar-refractivity contribution is 7.07. The van der Waals surface area contributed by atoms with E-state index >= 15 is 0 Å². The van der Waals surface area contributed by atoms with Crippen LogP contribution >= 0.6 is 11.3 Å². The van der Waals surface area contributed by atoms with Gasteiger partial charge in [0.05, 0.1) is 16.9 Å². The number of hydrogen-bond acceptors (Lipinski definition) is 6. The van der Waals surface area contributed by atoms with E-state index in [9.17, 15) is 4.79 Å². The van der Waals surface area contributed by atoms with Crippen molar-refractivity contribution in [2.45, 2.75) is 26.8 Å². The molecule has 3 rings (SSSR count). The first-order chi connectivity index (χ1) is 10.6. The molecule has 0 N–H and O–H groups in total. The molecule has 1 aliphatic rings. The fourth-order valence-corrected chi connectivity index (χ4v) is 3.37. The van der Waals surface area contributed by atoms with Gasteiger partial charge in [-0.25, -0.2) is 4.98 Å². The number of hydrogen-bond donors (Lipinski definition) is 0. The van der Waals surface area contributed by atoms with Gasteiger partial charge < -0.3 is 9.42 Å². The molecule has 0 unspecified atom stereocenters. The molecule has 0 saturated carbocycles. The van der Waals surface area contributed by atoms with Crippen LogP contribution in [-0.2, 0) is 6.54 Å². The maximum Gasteiger partial charge on any atom is 0.259 e. The minimum absolute atomic E-state index is 0.0340. The molecule has 22 heavy (non-hydrogen) atoms. The van der Waals surface area contributed by atoms with Gasteiger partial charge in [0.1, 0.15) is 11.3 Å². The molecule has 0 radical (unpaired) electrons. The molecular formula is C15H20N4O2S. The van der Waals surface area contributed by atoms with Gasteiger partial charge in [-0.2, -0.15) is 0 Å². The summed E-state index contributed by atoms with van der Waals surface area (Å²) in [5, 5.41) is 5.96. The molecule has 6 nitrogen and oxygen atoms in total. The predicted octanol–water partition coefficient (Wildman–Crippen LogP) is 2.10. The van der Waals surface area contributed by atoms with E-state index in [0.29, 0.717) is 17.0 Å². The molecule has 1 aliphatic heterocycles. The van der Waals surface area contributed by atoms with Crippen LogP contribution in [-0.4, -0.2) is 52.0 Å². The first-order valence-corrected chi connectivity index (χ1v) is 8.41. The Hall–Kier alpha value is -1.73. The second-order valence-electron chi connectivity index (χ2n) is 5.60. The van der Waals surface area contributed by atoms with Crippen molar-refractivity contribution < 1.29 is 9.32 Å². The van der Waals surface area contributed by atoms with Crippen LogP contribution in [0, 0.1) is 13.8 Å². The Balaban J connectivity index is 1.64. The van der Waals surface area contributed by atoms with Crippen LogP contribution in [0.5, 0.6) is 0 Å². The van der Waals surface area contributed by atoms with E-state index in [0.717, 1.165) is 44.8 Å². The number of carbonyl (C=O) groups excluding carboxylic acids is 1. The normalized spacial score (nSPS) is 16.7. The van der Waals surface area contributed by atoms with Crippen LogP contribution < -0.4 is 0 Å². The molecule has 1 saturated heterocycles. The second kappa shape index (κ2) is 6.58. The average molecular weight is 320 g/mol. The fourth-order valence-electron chi connectivity index (χ4n) is 2.82. The molecule has 1 amide bonds. The topological polar surface area (TPSA) is 62.5 Å². The Labute approximate surface area is 133 Å². The van der Waals surface area contributed by atoms with Crippen molar-refractivity contribution in [2.24, 2.45) is 0 Å². The highest BCUT2D eigenvalue weighted by Crippen LogP contribution is 2.17. The summed E-state index contributed by atoms with van der Waals surface area (Å²) in [6.07, 6.45) is 0.971. The second-order valence-corrected chi connectivity index (χ2v) is 6.32. The highest BCUT2D eigenvalue weighted by atomic mass is 32.1. The summed E-state index contributed by atoms with van der Waals surface area (Å²) in [4.78, 5) is 21.3. The first-order valence-electron chi connectivity index (χ1n) is 7.46. The molecule has 0 aromatic carbocycles. The summed E-state index contributed by atoms with van der Waals surface area (Å²) >= 11 is 1.62. The van der Waals surface area contributed by atoms with Crippen LogP contribution in [0.4, 0.5) is 0 Å². The van der Waals surface area contributed by atoms with Gasteiger partial charge in [-0.3, -0.25) is 9.69 Å². The zero-order valence-electron chi connectivity index (χ0n) is 12.9. The average Bonchev–Trinajstić information content (AvgIpc) is 3.04. The Morgan fingerprint density at radius 2 is 2.18 bits per heavy atom. The first kappa shape index (κ1) is 15.2. The summed E-state index contributed by atoms with van der Waals surface area (Å²) in [6, 6.07) is 0. The maximum absolute atomic E-state index is 12.7. The summed E-state index contributed by atoms with van der Waals surface area (Å²) in [6.45, 7) is 7.82. The van der Waals surface area contributed by atoms with Crippen molar-refractivity contribution in [3.8, 4) is 0 Å². The Bertz CT molecular complexity index is 619. The molecule has 3 heterocycles. The van der Waals surface area contributed by atoms with E-state index < -0.39 is 0 Å². The number of aryl methyl sites for hydroxylation is 2. The van der Waals surface area contributed by atoms with Crippen molar-refractivity contribution in [1.29, 1.82) is 0 Å². The molecular weight excluding hydrogens is 300 g/mol. The largest absolute Gasteiger partial charge is 0.361 e. The molecule has 0 spiro atoms. The lowest BCUT2D eigenvalue weighted by molar-refractivity contribution is 0.0758. The van der Waals surface area contributed by atoms with Crippen molar-refractivity contribution in [3.63, 3.8) is 0 Å². The molecule has 118 valence electrons. The molecule has 2 aromatic rings. The van der Waals surface area contributed by atoms with Gasteiger partial charge >= 0.3 is 0 Å². The van der Waals surface area contributed by atoms with Gasteiger partial charge in [-0.05, 0) is 20.3 Å². The minimum atomic E-state index is 0.0340. The lowest BCUT2D eigenvalue weighted by Crippen LogP contribution is -2.35. The number of aromatic nitrogens is 2. The summed E-state index contributed by atoms with van der Waals surface area (Å²) in [5.74, 6) is 0.637. The van der Waals surface area contributed by atoms with E-state index in [1.165, 1.54) is 0 Å². The molecule has 1 fully saturated rings. The standard InChI is InChI=1S/C15H20N4O2S/c1-11-14(12(2)21-17-11)15(20)19-5-3-4-18(6-7-19)8-13-9-22-10-16-13/h9-10H,3-8H2,1-2H3. The number of amides is 1.